The SMILES string of the molecule is Cc1ccc(-c2nnc(CN3CCN(S(=O)(=O)c4ccc(C)c(C)c4)CC3)o2)cc1. The lowest BCUT2D eigenvalue weighted by Gasteiger charge is -2.33. The lowest BCUT2D eigenvalue weighted by atomic mass is 10.1. The van der Waals surface area contributed by atoms with Crippen LogP contribution in [0.5, 0.6) is 0 Å². The van der Waals surface area contributed by atoms with Crippen molar-refractivity contribution in [1.82, 2.24) is 19.4 Å². The van der Waals surface area contributed by atoms with E-state index in [1.54, 1.807) is 16.4 Å². The van der Waals surface area contributed by atoms with E-state index in [-0.39, 0.29) is 0 Å². The molecule has 1 aliphatic heterocycles. The van der Waals surface area contributed by atoms with E-state index in [2.05, 4.69) is 15.1 Å². The minimum Gasteiger partial charge on any atom is -0.419 e. The van der Waals surface area contributed by atoms with Gasteiger partial charge >= 0.3 is 0 Å². The van der Waals surface area contributed by atoms with Gasteiger partial charge in [0.15, 0.2) is 0 Å². The summed E-state index contributed by atoms with van der Waals surface area (Å²) in [6, 6.07) is 13.2. The molecule has 1 saturated heterocycles. The molecular formula is C22H26N4O3S. The molecule has 0 amide bonds. The first-order valence-corrected chi connectivity index (χ1v) is 11.5. The number of piperazine rings is 1. The molecule has 0 saturated carbocycles. The van der Waals surface area contributed by atoms with Gasteiger partial charge in [-0.05, 0) is 56.2 Å². The van der Waals surface area contributed by atoms with Gasteiger partial charge < -0.3 is 4.42 Å². The molecule has 0 N–H and O–H groups in total. The quantitative estimate of drug-likeness (QED) is 0.624. The topological polar surface area (TPSA) is 79.5 Å². The normalized spacial score (nSPS) is 16.1. The van der Waals surface area contributed by atoms with Gasteiger partial charge in [-0.15, -0.1) is 10.2 Å². The van der Waals surface area contributed by atoms with Crippen molar-refractivity contribution in [1.29, 1.82) is 0 Å². The van der Waals surface area contributed by atoms with Crippen molar-refractivity contribution in [2.75, 3.05) is 26.2 Å². The van der Waals surface area contributed by atoms with Crippen LogP contribution in [0, 0.1) is 20.8 Å². The third-order valence-corrected chi connectivity index (χ3v) is 7.47. The molecule has 1 aliphatic rings. The summed E-state index contributed by atoms with van der Waals surface area (Å²) in [5.74, 6) is 1.04. The average Bonchev–Trinajstić information content (AvgIpc) is 3.19. The van der Waals surface area contributed by atoms with Crippen LogP contribution in [-0.4, -0.2) is 54.0 Å². The number of rotatable bonds is 5. The van der Waals surface area contributed by atoms with Crippen molar-refractivity contribution in [3.8, 4) is 11.5 Å². The highest BCUT2D eigenvalue weighted by Gasteiger charge is 2.29. The Morgan fingerprint density at radius 2 is 1.60 bits per heavy atom. The summed E-state index contributed by atoms with van der Waals surface area (Å²) in [5.41, 5.74) is 4.13. The van der Waals surface area contributed by atoms with Gasteiger partial charge in [-0.3, -0.25) is 4.90 Å². The molecule has 1 fully saturated rings. The molecule has 30 heavy (non-hydrogen) atoms. The van der Waals surface area contributed by atoms with E-state index < -0.39 is 10.0 Å². The number of aryl methyl sites for hydroxylation is 3. The molecular weight excluding hydrogens is 400 g/mol. The molecule has 1 aromatic heterocycles. The smallest absolute Gasteiger partial charge is 0.247 e. The lowest BCUT2D eigenvalue weighted by Crippen LogP contribution is -2.48. The second-order valence-corrected chi connectivity index (χ2v) is 9.73. The van der Waals surface area contributed by atoms with Gasteiger partial charge in [0.25, 0.3) is 0 Å². The highest BCUT2D eigenvalue weighted by Crippen LogP contribution is 2.22. The van der Waals surface area contributed by atoms with E-state index >= 15 is 0 Å². The fourth-order valence-electron chi connectivity index (χ4n) is 3.47. The summed E-state index contributed by atoms with van der Waals surface area (Å²) in [6.07, 6.45) is 0. The monoisotopic (exact) mass is 426 g/mol. The second-order valence-electron chi connectivity index (χ2n) is 7.79. The first-order chi connectivity index (χ1) is 14.3. The van der Waals surface area contributed by atoms with E-state index in [1.165, 1.54) is 5.56 Å². The maximum Gasteiger partial charge on any atom is 0.247 e. The third-order valence-electron chi connectivity index (χ3n) is 5.57. The van der Waals surface area contributed by atoms with Crippen LogP contribution in [0.1, 0.15) is 22.6 Å². The van der Waals surface area contributed by atoms with Crippen LogP contribution in [0.3, 0.4) is 0 Å². The Hall–Kier alpha value is -2.55. The first kappa shape index (κ1) is 20.7. The Labute approximate surface area is 177 Å². The zero-order chi connectivity index (χ0) is 21.3. The van der Waals surface area contributed by atoms with Gasteiger partial charge in [0, 0.05) is 31.7 Å². The molecule has 0 atom stereocenters. The van der Waals surface area contributed by atoms with Crippen LogP contribution < -0.4 is 0 Å². The Morgan fingerprint density at radius 3 is 2.27 bits per heavy atom. The van der Waals surface area contributed by atoms with E-state index in [4.69, 9.17) is 4.42 Å². The van der Waals surface area contributed by atoms with Crippen molar-refractivity contribution in [2.45, 2.75) is 32.2 Å². The molecule has 3 aromatic rings. The number of sulfonamides is 1. The van der Waals surface area contributed by atoms with Gasteiger partial charge in [-0.1, -0.05) is 23.8 Å². The Morgan fingerprint density at radius 1 is 0.900 bits per heavy atom. The summed E-state index contributed by atoms with van der Waals surface area (Å²) in [6.45, 7) is 8.56. The van der Waals surface area contributed by atoms with Gasteiger partial charge in [0.1, 0.15) is 0 Å². The number of nitrogens with zero attached hydrogens (tertiary/aromatic N) is 4. The van der Waals surface area contributed by atoms with Crippen LogP contribution >= 0.6 is 0 Å². The average molecular weight is 427 g/mol. The van der Waals surface area contributed by atoms with Gasteiger partial charge in [0.2, 0.25) is 21.8 Å². The van der Waals surface area contributed by atoms with Gasteiger partial charge in [-0.25, -0.2) is 8.42 Å². The van der Waals surface area contributed by atoms with E-state index in [1.807, 2.05) is 51.1 Å². The van der Waals surface area contributed by atoms with Crippen molar-refractivity contribution in [3.63, 3.8) is 0 Å². The highest BCUT2D eigenvalue weighted by molar-refractivity contribution is 7.89. The van der Waals surface area contributed by atoms with Gasteiger partial charge in [-0.2, -0.15) is 4.31 Å². The molecule has 0 radical (unpaired) electrons. The van der Waals surface area contributed by atoms with Crippen LogP contribution in [0.25, 0.3) is 11.5 Å². The molecule has 158 valence electrons. The summed E-state index contributed by atoms with van der Waals surface area (Å²) < 4.78 is 33.3. The number of benzene rings is 2. The molecule has 0 unspecified atom stereocenters. The number of aromatic nitrogens is 2. The molecule has 2 heterocycles. The molecule has 8 heteroatoms. The standard InChI is InChI=1S/C22H26N4O3S/c1-16-4-7-19(8-5-16)22-24-23-21(29-22)15-25-10-12-26(13-11-25)30(27,28)20-9-6-17(2)18(3)14-20/h4-9,14H,10-13,15H2,1-3H3. The maximum absolute atomic E-state index is 13.0. The summed E-state index contributed by atoms with van der Waals surface area (Å²) in [7, 11) is -3.48. The molecule has 0 aliphatic carbocycles. The third kappa shape index (κ3) is 4.30. The van der Waals surface area contributed by atoms with Crippen molar-refractivity contribution in [2.24, 2.45) is 0 Å². The largest absolute Gasteiger partial charge is 0.419 e. The fraction of sp³-hybridized carbons (Fsp3) is 0.364. The molecule has 0 spiro atoms. The summed E-state index contributed by atoms with van der Waals surface area (Å²) >= 11 is 0. The Kier molecular flexibility index (Phi) is 5.73. The van der Waals surface area contributed by atoms with Crippen molar-refractivity contribution >= 4 is 10.0 Å². The Balaban J connectivity index is 1.38. The van der Waals surface area contributed by atoms with Crippen LogP contribution in [0.4, 0.5) is 0 Å². The minimum atomic E-state index is -3.48. The predicted molar refractivity (Wildman–Crippen MR) is 114 cm³/mol. The van der Waals surface area contributed by atoms with Gasteiger partial charge in [0.05, 0.1) is 11.4 Å². The highest BCUT2D eigenvalue weighted by atomic mass is 32.2. The Bertz CT molecular complexity index is 1130. The molecule has 2 aromatic carbocycles. The lowest BCUT2D eigenvalue weighted by molar-refractivity contribution is 0.168. The van der Waals surface area contributed by atoms with Crippen molar-refractivity contribution < 1.29 is 12.8 Å². The minimum absolute atomic E-state index is 0.360. The molecule has 0 bridgehead atoms. The van der Waals surface area contributed by atoms with E-state index in [0.717, 1.165) is 16.7 Å². The van der Waals surface area contributed by atoms with E-state index in [9.17, 15) is 8.42 Å². The zero-order valence-corrected chi connectivity index (χ0v) is 18.3. The van der Waals surface area contributed by atoms with Crippen LogP contribution in [0.15, 0.2) is 51.8 Å². The maximum atomic E-state index is 13.0. The zero-order valence-electron chi connectivity index (χ0n) is 17.5. The summed E-state index contributed by atoms with van der Waals surface area (Å²) in [5, 5.41) is 8.29. The molecule has 7 nitrogen and oxygen atoms in total. The van der Waals surface area contributed by atoms with Crippen molar-refractivity contribution in [3.05, 3.63) is 65.0 Å². The van der Waals surface area contributed by atoms with E-state index in [0.29, 0.717) is 49.4 Å². The number of hydrogen-bond acceptors (Lipinski definition) is 6. The van der Waals surface area contributed by atoms with Crippen LogP contribution in [-0.2, 0) is 16.6 Å². The summed E-state index contributed by atoms with van der Waals surface area (Å²) in [4.78, 5) is 2.50. The predicted octanol–water partition coefficient (Wildman–Crippen LogP) is 3.17. The first-order valence-electron chi connectivity index (χ1n) is 10.0. The fourth-order valence-corrected chi connectivity index (χ4v) is 4.98. The number of hydrogen-bond donors (Lipinski definition) is 0. The second kappa shape index (κ2) is 8.29. The molecule has 4 rings (SSSR count). The van der Waals surface area contributed by atoms with Crippen LogP contribution in [0.2, 0.25) is 0 Å².